The molecule has 6 nitrogen and oxygen atoms in total. The van der Waals surface area contributed by atoms with Crippen molar-refractivity contribution < 1.29 is 9.18 Å². The predicted octanol–water partition coefficient (Wildman–Crippen LogP) is 4.48. The maximum atomic E-state index is 13.1. The summed E-state index contributed by atoms with van der Waals surface area (Å²) in [6.45, 7) is 7.55. The van der Waals surface area contributed by atoms with Crippen LogP contribution >= 0.6 is 23.5 Å². The number of aromatic nitrogens is 3. The first-order valence-corrected chi connectivity index (χ1v) is 13.3. The lowest BCUT2D eigenvalue weighted by atomic mass is 10.2. The maximum absolute atomic E-state index is 13.1. The van der Waals surface area contributed by atoms with Gasteiger partial charge >= 0.3 is 0 Å². The van der Waals surface area contributed by atoms with Crippen LogP contribution in [0.3, 0.4) is 0 Å². The molecule has 1 amide bonds. The second-order valence-corrected chi connectivity index (χ2v) is 9.84. The van der Waals surface area contributed by atoms with E-state index in [1.807, 2.05) is 33.7 Å². The second-order valence-electron chi connectivity index (χ2n) is 7.91. The van der Waals surface area contributed by atoms with Crippen LogP contribution in [-0.2, 0) is 22.8 Å². The van der Waals surface area contributed by atoms with Gasteiger partial charge in [-0.15, -0.1) is 28.5 Å². The molecule has 0 N–H and O–H groups in total. The van der Waals surface area contributed by atoms with Crippen LogP contribution in [0.1, 0.15) is 11.4 Å². The van der Waals surface area contributed by atoms with E-state index in [9.17, 15) is 9.18 Å². The van der Waals surface area contributed by atoms with Gasteiger partial charge in [0.1, 0.15) is 11.6 Å². The minimum atomic E-state index is -0.228. The highest BCUT2D eigenvalue weighted by Crippen LogP contribution is 2.23. The van der Waals surface area contributed by atoms with Crippen LogP contribution in [-0.4, -0.2) is 57.5 Å². The fraction of sp³-hybridized carbons (Fsp3) is 0.320. The molecule has 2 aromatic carbocycles. The van der Waals surface area contributed by atoms with Crippen LogP contribution in [0, 0.1) is 5.82 Å². The molecule has 9 heteroatoms. The van der Waals surface area contributed by atoms with Crippen molar-refractivity contribution in [1.82, 2.24) is 19.7 Å². The molecule has 0 spiro atoms. The predicted molar refractivity (Wildman–Crippen MR) is 138 cm³/mol. The number of amides is 1. The summed E-state index contributed by atoms with van der Waals surface area (Å²) < 4.78 is 15.1. The number of carbonyl (C=O) groups is 1. The van der Waals surface area contributed by atoms with E-state index in [1.165, 1.54) is 29.6 Å². The number of hydrogen-bond donors (Lipinski definition) is 0. The third-order valence-corrected chi connectivity index (χ3v) is 7.55. The molecule has 0 saturated carbocycles. The third-order valence-electron chi connectivity index (χ3n) is 5.60. The Morgan fingerprint density at radius 2 is 1.74 bits per heavy atom. The Morgan fingerprint density at radius 3 is 2.44 bits per heavy atom. The lowest BCUT2D eigenvalue weighted by Gasteiger charge is -2.36. The SMILES string of the molecule is C=CCn1c(CSCc2ccc(F)cc2)nnc1SCC(=O)N1CCN(c2ccccc2)CC1. The minimum Gasteiger partial charge on any atom is -0.368 e. The van der Waals surface area contributed by atoms with Gasteiger partial charge in [-0.25, -0.2) is 4.39 Å². The van der Waals surface area contributed by atoms with Crippen LogP contribution < -0.4 is 4.90 Å². The van der Waals surface area contributed by atoms with Crippen molar-refractivity contribution >= 4 is 35.1 Å². The summed E-state index contributed by atoms with van der Waals surface area (Å²) in [6.07, 6.45) is 1.81. The quantitative estimate of drug-likeness (QED) is 0.304. The van der Waals surface area contributed by atoms with E-state index in [0.717, 1.165) is 48.5 Å². The number of benzene rings is 2. The lowest BCUT2D eigenvalue weighted by Crippen LogP contribution is -2.49. The summed E-state index contributed by atoms with van der Waals surface area (Å²) >= 11 is 3.12. The molecule has 1 fully saturated rings. The second kappa shape index (κ2) is 12.1. The van der Waals surface area contributed by atoms with Gasteiger partial charge in [-0.3, -0.25) is 4.79 Å². The molecule has 2 heterocycles. The van der Waals surface area contributed by atoms with Crippen molar-refractivity contribution in [3.8, 4) is 0 Å². The summed E-state index contributed by atoms with van der Waals surface area (Å²) in [4.78, 5) is 17.1. The Labute approximate surface area is 208 Å². The molecule has 0 unspecified atom stereocenters. The highest BCUT2D eigenvalue weighted by atomic mass is 32.2. The first-order chi connectivity index (χ1) is 16.6. The number of anilines is 1. The normalized spacial score (nSPS) is 13.8. The molecule has 0 radical (unpaired) electrons. The van der Waals surface area contributed by atoms with Gasteiger partial charge in [0.25, 0.3) is 0 Å². The van der Waals surface area contributed by atoms with Gasteiger partial charge in [0.15, 0.2) is 5.16 Å². The molecule has 1 saturated heterocycles. The maximum Gasteiger partial charge on any atom is 0.233 e. The van der Waals surface area contributed by atoms with Crippen LogP contribution in [0.25, 0.3) is 0 Å². The molecule has 3 aromatic rings. The van der Waals surface area contributed by atoms with Crippen molar-refractivity contribution in [2.75, 3.05) is 36.8 Å². The standard InChI is InChI=1S/C25H28FN5OS2/c1-2-12-31-23(18-33-17-20-8-10-21(26)11-9-20)27-28-25(31)34-19-24(32)30-15-13-29(14-16-30)22-6-4-3-5-7-22/h2-11H,1,12-19H2. The van der Waals surface area contributed by atoms with Gasteiger partial charge in [-0.05, 0) is 29.8 Å². The fourth-order valence-corrected chi connectivity index (χ4v) is 5.55. The molecule has 4 rings (SSSR count). The first kappa shape index (κ1) is 24.3. The zero-order valence-corrected chi connectivity index (χ0v) is 20.6. The van der Waals surface area contributed by atoms with Crippen molar-refractivity contribution in [2.24, 2.45) is 0 Å². The van der Waals surface area contributed by atoms with Crippen LogP contribution in [0.15, 0.2) is 72.4 Å². The van der Waals surface area contributed by atoms with E-state index in [2.05, 4.69) is 33.8 Å². The number of nitrogens with zero attached hydrogens (tertiary/aromatic N) is 5. The summed E-state index contributed by atoms with van der Waals surface area (Å²) in [7, 11) is 0. The smallest absolute Gasteiger partial charge is 0.233 e. The molecular formula is C25H28FN5OS2. The molecule has 34 heavy (non-hydrogen) atoms. The zero-order valence-electron chi connectivity index (χ0n) is 19.0. The number of hydrogen-bond acceptors (Lipinski definition) is 6. The monoisotopic (exact) mass is 497 g/mol. The van der Waals surface area contributed by atoms with E-state index >= 15 is 0 Å². The van der Waals surface area contributed by atoms with Gasteiger partial charge < -0.3 is 14.4 Å². The Balaban J connectivity index is 1.27. The van der Waals surface area contributed by atoms with Gasteiger partial charge in [0.2, 0.25) is 5.91 Å². The van der Waals surface area contributed by atoms with E-state index in [1.54, 1.807) is 23.9 Å². The van der Waals surface area contributed by atoms with Crippen molar-refractivity contribution in [3.63, 3.8) is 0 Å². The number of thioether (sulfide) groups is 2. The molecular weight excluding hydrogens is 469 g/mol. The minimum absolute atomic E-state index is 0.123. The van der Waals surface area contributed by atoms with Gasteiger partial charge in [0, 0.05) is 44.2 Å². The van der Waals surface area contributed by atoms with Crippen LogP contribution in [0.2, 0.25) is 0 Å². The van der Waals surface area contributed by atoms with Crippen molar-refractivity contribution in [3.05, 3.63) is 84.5 Å². The lowest BCUT2D eigenvalue weighted by molar-refractivity contribution is -0.128. The topological polar surface area (TPSA) is 54.3 Å². The Hall–Kier alpha value is -2.78. The zero-order chi connectivity index (χ0) is 23.8. The number of rotatable bonds is 10. The number of piperazine rings is 1. The molecule has 178 valence electrons. The average Bonchev–Trinajstić information content (AvgIpc) is 3.26. The number of allylic oxidation sites excluding steroid dienone is 1. The molecule has 1 aliphatic heterocycles. The van der Waals surface area contributed by atoms with Crippen molar-refractivity contribution in [1.29, 1.82) is 0 Å². The highest BCUT2D eigenvalue weighted by molar-refractivity contribution is 7.99. The summed E-state index contributed by atoms with van der Waals surface area (Å²) in [6, 6.07) is 16.8. The third kappa shape index (κ3) is 6.42. The van der Waals surface area contributed by atoms with E-state index < -0.39 is 0 Å². The van der Waals surface area contributed by atoms with E-state index in [-0.39, 0.29) is 11.7 Å². The molecule has 0 atom stereocenters. The molecule has 1 aliphatic rings. The highest BCUT2D eigenvalue weighted by Gasteiger charge is 2.22. The van der Waals surface area contributed by atoms with Crippen LogP contribution in [0.5, 0.6) is 0 Å². The largest absolute Gasteiger partial charge is 0.368 e. The van der Waals surface area contributed by atoms with Gasteiger partial charge in [-0.1, -0.05) is 48.2 Å². The first-order valence-electron chi connectivity index (χ1n) is 11.2. The summed E-state index contributed by atoms with van der Waals surface area (Å²) in [5.41, 5.74) is 2.26. The van der Waals surface area contributed by atoms with Gasteiger partial charge in [0.05, 0.1) is 11.5 Å². The molecule has 0 bridgehead atoms. The number of halogens is 1. The number of carbonyl (C=O) groups excluding carboxylic acids is 1. The summed E-state index contributed by atoms with van der Waals surface area (Å²) in [5, 5.41) is 9.40. The van der Waals surface area contributed by atoms with E-state index in [0.29, 0.717) is 18.1 Å². The Kier molecular flexibility index (Phi) is 8.65. The molecule has 0 aliphatic carbocycles. The fourth-order valence-electron chi connectivity index (χ4n) is 3.76. The average molecular weight is 498 g/mol. The van der Waals surface area contributed by atoms with Crippen LogP contribution in [0.4, 0.5) is 10.1 Å². The Morgan fingerprint density at radius 1 is 1.00 bits per heavy atom. The summed E-state index contributed by atoms with van der Waals surface area (Å²) in [5.74, 6) is 2.51. The molecule has 1 aromatic heterocycles. The van der Waals surface area contributed by atoms with E-state index in [4.69, 9.17) is 0 Å². The number of para-hydroxylation sites is 1. The van der Waals surface area contributed by atoms with Gasteiger partial charge in [-0.2, -0.15) is 0 Å². The van der Waals surface area contributed by atoms with Crippen molar-refractivity contribution in [2.45, 2.75) is 23.2 Å². The Bertz CT molecular complexity index is 1080.